The van der Waals surface area contributed by atoms with Crippen LogP contribution in [0, 0.1) is 5.82 Å². The topological polar surface area (TPSA) is 45.1 Å². The first kappa shape index (κ1) is 14.0. The van der Waals surface area contributed by atoms with Crippen LogP contribution in [0.3, 0.4) is 0 Å². The molecule has 0 amide bonds. The molecule has 3 rings (SSSR count). The fourth-order valence-electron chi connectivity index (χ4n) is 2.76. The molecule has 0 fully saturated rings. The van der Waals surface area contributed by atoms with E-state index < -0.39 is 0 Å². The van der Waals surface area contributed by atoms with Crippen LogP contribution in [-0.4, -0.2) is 16.6 Å². The van der Waals surface area contributed by atoms with Gasteiger partial charge in [0.05, 0.1) is 23.7 Å². The molecule has 0 saturated carbocycles. The quantitative estimate of drug-likeness (QED) is 0.911. The van der Waals surface area contributed by atoms with E-state index in [0.29, 0.717) is 12.1 Å². The number of fused-ring (bicyclic) bond motifs is 1. The molecule has 21 heavy (non-hydrogen) atoms. The predicted octanol–water partition coefficient (Wildman–Crippen LogP) is 3.01. The Kier molecular flexibility index (Phi) is 3.41. The molecule has 2 heterocycles. The fraction of sp³-hybridized carbons (Fsp3) is 0.353. The number of rotatable bonds is 3. The van der Waals surface area contributed by atoms with Gasteiger partial charge in [-0.3, -0.25) is 4.98 Å². The van der Waals surface area contributed by atoms with Gasteiger partial charge in [0.15, 0.2) is 0 Å². The zero-order valence-corrected chi connectivity index (χ0v) is 12.3. The number of pyridine rings is 1. The molecule has 1 aliphatic rings. The van der Waals surface area contributed by atoms with Gasteiger partial charge in [-0.2, -0.15) is 0 Å². The van der Waals surface area contributed by atoms with Gasteiger partial charge in [0, 0.05) is 12.0 Å². The van der Waals surface area contributed by atoms with E-state index in [1.165, 1.54) is 12.1 Å². The van der Waals surface area contributed by atoms with Crippen molar-refractivity contribution in [3.63, 3.8) is 0 Å². The Hall–Kier alpha value is -1.94. The molecule has 1 aromatic carbocycles. The standard InChI is InChI=1S/C17H19FN2O/c1-17(2)10-19-14-8-12(15(9-21)20-16(14)17)7-11-3-5-13(18)6-4-11/h3-6,8,19,21H,7,9-10H2,1-2H3. The molecule has 0 saturated heterocycles. The fourth-order valence-corrected chi connectivity index (χ4v) is 2.76. The summed E-state index contributed by atoms with van der Waals surface area (Å²) in [6.07, 6.45) is 0.637. The van der Waals surface area contributed by atoms with Gasteiger partial charge in [-0.05, 0) is 35.7 Å². The van der Waals surface area contributed by atoms with Crippen molar-refractivity contribution in [3.05, 3.63) is 58.7 Å². The molecule has 110 valence electrons. The Morgan fingerprint density at radius 2 is 2.00 bits per heavy atom. The summed E-state index contributed by atoms with van der Waals surface area (Å²) in [6.45, 7) is 5.04. The number of hydrogen-bond acceptors (Lipinski definition) is 3. The highest BCUT2D eigenvalue weighted by atomic mass is 19.1. The zero-order valence-electron chi connectivity index (χ0n) is 12.3. The summed E-state index contributed by atoms with van der Waals surface area (Å²) in [5.41, 5.74) is 4.71. The van der Waals surface area contributed by atoms with Crippen LogP contribution in [0.2, 0.25) is 0 Å². The Balaban J connectivity index is 1.97. The van der Waals surface area contributed by atoms with E-state index in [4.69, 9.17) is 0 Å². The zero-order chi connectivity index (χ0) is 15.0. The SMILES string of the molecule is CC1(C)CNc2cc(Cc3ccc(F)cc3)c(CO)nc21. The monoisotopic (exact) mass is 286 g/mol. The molecule has 0 bridgehead atoms. The number of hydrogen-bond donors (Lipinski definition) is 2. The number of nitrogens with one attached hydrogen (secondary N) is 1. The molecule has 0 aliphatic carbocycles. The molecule has 2 aromatic rings. The van der Waals surface area contributed by atoms with Crippen LogP contribution in [0.5, 0.6) is 0 Å². The van der Waals surface area contributed by atoms with E-state index in [-0.39, 0.29) is 17.8 Å². The second-order valence-electron chi connectivity index (χ2n) is 6.19. The van der Waals surface area contributed by atoms with Crippen molar-refractivity contribution in [2.75, 3.05) is 11.9 Å². The average molecular weight is 286 g/mol. The first-order chi connectivity index (χ1) is 9.99. The van der Waals surface area contributed by atoms with Crippen molar-refractivity contribution in [1.29, 1.82) is 0 Å². The van der Waals surface area contributed by atoms with Crippen LogP contribution in [0.15, 0.2) is 30.3 Å². The third kappa shape index (κ3) is 2.63. The number of nitrogens with zero attached hydrogens (tertiary/aromatic N) is 1. The van der Waals surface area contributed by atoms with E-state index in [9.17, 15) is 9.50 Å². The maximum absolute atomic E-state index is 13.0. The van der Waals surface area contributed by atoms with Crippen molar-refractivity contribution in [2.24, 2.45) is 0 Å². The smallest absolute Gasteiger partial charge is 0.123 e. The second kappa shape index (κ2) is 5.11. The van der Waals surface area contributed by atoms with Gasteiger partial charge >= 0.3 is 0 Å². The minimum Gasteiger partial charge on any atom is -0.390 e. The maximum Gasteiger partial charge on any atom is 0.123 e. The van der Waals surface area contributed by atoms with Crippen LogP contribution in [0.25, 0.3) is 0 Å². The molecule has 0 radical (unpaired) electrons. The summed E-state index contributed by atoms with van der Waals surface area (Å²) in [4.78, 5) is 4.65. The van der Waals surface area contributed by atoms with E-state index in [2.05, 4.69) is 30.2 Å². The molecule has 1 aliphatic heterocycles. The van der Waals surface area contributed by atoms with Crippen LogP contribution < -0.4 is 5.32 Å². The normalized spacial score (nSPS) is 15.6. The first-order valence-corrected chi connectivity index (χ1v) is 7.12. The Bertz CT molecular complexity index is 665. The number of halogens is 1. The highest BCUT2D eigenvalue weighted by molar-refractivity contribution is 5.59. The largest absolute Gasteiger partial charge is 0.390 e. The number of aliphatic hydroxyl groups excluding tert-OH is 1. The lowest BCUT2D eigenvalue weighted by molar-refractivity contribution is 0.275. The van der Waals surface area contributed by atoms with Crippen molar-refractivity contribution < 1.29 is 9.50 Å². The molecule has 0 unspecified atom stereocenters. The molecular formula is C17H19FN2O. The Morgan fingerprint density at radius 3 is 2.67 bits per heavy atom. The van der Waals surface area contributed by atoms with Gasteiger partial charge in [-0.1, -0.05) is 26.0 Å². The summed E-state index contributed by atoms with van der Waals surface area (Å²) < 4.78 is 13.0. The summed E-state index contributed by atoms with van der Waals surface area (Å²) in [5.74, 6) is -0.239. The number of benzene rings is 1. The van der Waals surface area contributed by atoms with Gasteiger partial charge in [0.2, 0.25) is 0 Å². The minimum absolute atomic E-state index is 0.0202. The molecule has 0 atom stereocenters. The van der Waals surface area contributed by atoms with Crippen LogP contribution in [-0.2, 0) is 18.4 Å². The van der Waals surface area contributed by atoms with Crippen LogP contribution in [0.1, 0.15) is 36.4 Å². The lowest BCUT2D eigenvalue weighted by Gasteiger charge is -2.17. The van der Waals surface area contributed by atoms with Crippen molar-refractivity contribution in [3.8, 4) is 0 Å². The van der Waals surface area contributed by atoms with Crippen LogP contribution in [0.4, 0.5) is 10.1 Å². The van der Waals surface area contributed by atoms with E-state index in [0.717, 1.165) is 29.1 Å². The first-order valence-electron chi connectivity index (χ1n) is 7.12. The molecule has 4 heteroatoms. The molecule has 3 nitrogen and oxygen atoms in total. The van der Waals surface area contributed by atoms with Gasteiger partial charge in [0.1, 0.15) is 5.82 Å². The van der Waals surface area contributed by atoms with Gasteiger partial charge in [0.25, 0.3) is 0 Å². The maximum atomic E-state index is 13.0. The van der Waals surface area contributed by atoms with Crippen LogP contribution >= 0.6 is 0 Å². The number of aromatic nitrogens is 1. The molecule has 1 aromatic heterocycles. The summed E-state index contributed by atoms with van der Waals surface area (Å²) in [7, 11) is 0. The highest BCUT2D eigenvalue weighted by Gasteiger charge is 2.32. The minimum atomic E-state index is -0.239. The number of anilines is 1. The molecule has 0 spiro atoms. The third-order valence-electron chi connectivity index (χ3n) is 4.01. The average Bonchev–Trinajstić information content (AvgIpc) is 2.76. The van der Waals surface area contributed by atoms with Crippen molar-refractivity contribution >= 4 is 5.69 Å². The molecular weight excluding hydrogens is 267 g/mol. The van der Waals surface area contributed by atoms with E-state index in [1.807, 2.05) is 0 Å². The van der Waals surface area contributed by atoms with Crippen molar-refractivity contribution in [2.45, 2.75) is 32.3 Å². The van der Waals surface area contributed by atoms with Crippen molar-refractivity contribution in [1.82, 2.24) is 4.98 Å². The van der Waals surface area contributed by atoms with Gasteiger partial charge in [-0.25, -0.2) is 4.39 Å². The van der Waals surface area contributed by atoms with E-state index in [1.54, 1.807) is 12.1 Å². The Morgan fingerprint density at radius 1 is 1.29 bits per heavy atom. The summed E-state index contributed by atoms with van der Waals surface area (Å²) >= 11 is 0. The number of aliphatic hydroxyl groups is 1. The van der Waals surface area contributed by atoms with E-state index >= 15 is 0 Å². The molecule has 2 N–H and O–H groups in total. The second-order valence-corrected chi connectivity index (χ2v) is 6.19. The Labute approximate surface area is 123 Å². The highest BCUT2D eigenvalue weighted by Crippen LogP contribution is 2.36. The third-order valence-corrected chi connectivity index (χ3v) is 4.01. The summed E-state index contributed by atoms with van der Waals surface area (Å²) in [5, 5.41) is 13.0. The van der Waals surface area contributed by atoms with Gasteiger partial charge in [-0.15, -0.1) is 0 Å². The lowest BCUT2D eigenvalue weighted by Crippen LogP contribution is -2.20. The summed E-state index contributed by atoms with van der Waals surface area (Å²) in [6, 6.07) is 8.50. The predicted molar refractivity (Wildman–Crippen MR) is 80.9 cm³/mol. The lowest BCUT2D eigenvalue weighted by atomic mass is 9.90. The van der Waals surface area contributed by atoms with Gasteiger partial charge < -0.3 is 10.4 Å².